The molecule has 4 rings (SSSR count). The lowest BCUT2D eigenvalue weighted by molar-refractivity contribution is -0.129. The highest BCUT2D eigenvalue weighted by Crippen LogP contribution is 2.41. The summed E-state index contributed by atoms with van der Waals surface area (Å²) < 4.78 is 1.98. The van der Waals surface area contributed by atoms with Crippen LogP contribution in [0.2, 0.25) is 0 Å². The van der Waals surface area contributed by atoms with E-state index < -0.39 is 0 Å². The highest BCUT2D eigenvalue weighted by molar-refractivity contribution is 5.90. The summed E-state index contributed by atoms with van der Waals surface area (Å²) in [7, 11) is 3.95. The molecule has 1 N–H and O–H groups in total. The summed E-state index contributed by atoms with van der Waals surface area (Å²) in [6.45, 7) is 5.74. The molecule has 2 aliphatic heterocycles. The molecule has 2 aromatic rings. The number of carbonyl (C=O) groups excluding carboxylic acids is 2. The number of hydrogen-bond acceptors (Lipinski definition) is 5. The number of likely N-dealkylation sites (N-methyl/N-ethyl adjacent to an activating group) is 1. The fourth-order valence-corrected chi connectivity index (χ4v) is 4.79. The molecule has 0 saturated carbocycles. The van der Waals surface area contributed by atoms with Crippen molar-refractivity contribution in [3.8, 4) is 0 Å². The molecule has 2 amide bonds. The van der Waals surface area contributed by atoms with Crippen LogP contribution in [0.1, 0.15) is 46.8 Å². The first-order valence-electron chi connectivity index (χ1n) is 11.5. The Morgan fingerprint density at radius 3 is 2.59 bits per heavy atom. The molecule has 0 bridgehead atoms. The zero-order chi connectivity index (χ0) is 22.7. The van der Waals surface area contributed by atoms with Gasteiger partial charge in [-0.2, -0.15) is 0 Å². The molecule has 1 fully saturated rings. The summed E-state index contributed by atoms with van der Waals surface area (Å²) in [6.07, 6.45) is 4.17. The van der Waals surface area contributed by atoms with Gasteiger partial charge in [-0.1, -0.05) is 29.8 Å². The van der Waals surface area contributed by atoms with Crippen molar-refractivity contribution in [2.45, 2.75) is 45.6 Å². The SMILES string of the molecule is Cc1ccc(CC(=O)N2CCC3(CCc4nnc(C(=O)NCCN(C)C)n4CC3)C2)cc1. The number of fused-ring (bicyclic) bond motifs is 1. The Bertz CT molecular complexity index is 967. The highest BCUT2D eigenvalue weighted by Gasteiger charge is 2.41. The Morgan fingerprint density at radius 1 is 1.09 bits per heavy atom. The minimum atomic E-state index is -0.164. The Labute approximate surface area is 190 Å². The zero-order valence-electron chi connectivity index (χ0n) is 19.4. The molecule has 32 heavy (non-hydrogen) atoms. The van der Waals surface area contributed by atoms with Gasteiger partial charge in [0.1, 0.15) is 5.82 Å². The molecule has 2 aliphatic rings. The van der Waals surface area contributed by atoms with E-state index in [2.05, 4.69) is 34.6 Å². The number of hydrogen-bond donors (Lipinski definition) is 1. The van der Waals surface area contributed by atoms with Gasteiger partial charge in [0.05, 0.1) is 6.42 Å². The molecule has 0 radical (unpaired) electrons. The maximum atomic E-state index is 12.9. The van der Waals surface area contributed by atoms with Crippen LogP contribution < -0.4 is 5.32 Å². The van der Waals surface area contributed by atoms with Crippen molar-refractivity contribution in [2.75, 3.05) is 40.3 Å². The van der Waals surface area contributed by atoms with Crippen molar-refractivity contribution >= 4 is 11.8 Å². The Kier molecular flexibility index (Phi) is 6.60. The standard InChI is InChI=1S/C24H34N6O2/c1-18-4-6-19(7-5-18)16-21(31)29-13-10-24(17-29)9-8-20-26-27-22(30(20)14-11-24)23(32)25-12-15-28(2)3/h4-7H,8-17H2,1-3H3,(H,25,32). The van der Waals surface area contributed by atoms with E-state index in [-0.39, 0.29) is 17.2 Å². The van der Waals surface area contributed by atoms with Crippen molar-refractivity contribution < 1.29 is 9.59 Å². The van der Waals surface area contributed by atoms with Gasteiger partial charge in [-0.25, -0.2) is 0 Å². The lowest BCUT2D eigenvalue weighted by Crippen LogP contribution is -2.34. The zero-order valence-corrected chi connectivity index (χ0v) is 19.4. The molecular formula is C24H34N6O2. The lowest BCUT2D eigenvalue weighted by atomic mass is 9.80. The van der Waals surface area contributed by atoms with Crippen LogP contribution in [-0.4, -0.2) is 76.7 Å². The number of rotatable bonds is 6. The molecule has 1 spiro atoms. The molecule has 3 heterocycles. The molecule has 8 heteroatoms. The van der Waals surface area contributed by atoms with Crippen molar-refractivity contribution in [3.05, 3.63) is 47.0 Å². The quantitative estimate of drug-likeness (QED) is 0.742. The van der Waals surface area contributed by atoms with E-state index >= 15 is 0 Å². The van der Waals surface area contributed by atoms with Crippen molar-refractivity contribution in [2.24, 2.45) is 5.41 Å². The molecule has 1 unspecified atom stereocenters. The maximum absolute atomic E-state index is 12.9. The number of aromatic nitrogens is 3. The number of aryl methyl sites for hydroxylation is 2. The minimum absolute atomic E-state index is 0.0995. The normalized spacial score (nSPS) is 20.4. The van der Waals surface area contributed by atoms with E-state index in [0.717, 1.165) is 63.3 Å². The Morgan fingerprint density at radius 2 is 1.84 bits per heavy atom. The minimum Gasteiger partial charge on any atom is -0.348 e. The fraction of sp³-hybridized carbons (Fsp3) is 0.583. The molecule has 0 aliphatic carbocycles. The molecule has 1 aromatic carbocycles. The fourth-order valence-electron chi connectivity index (χ4n) is 4.79. The number of likely N-dealkylation sites (tertiary alicyclic amines) is 1. The highest BCUT2D eigenvalue weighted by atomic mass is 16.2. The van der Waals surface area contributed by atoms with Crippen LogP contribution in [0.15, 0.2) is 24.3 Å². The van der Waals surface area contributed by atoms with Gasteiger partial charge in [0.15, 0.2) is 0 Å². The number of nitrogens with zero attached hydrogens (tertiary/aromatic N) is 5. The molecule has 8 nitrogen and oxygen atoms in total. The van der Waals surface area contributed by atoms with Crippen LogP contribution in [0.25, 0.3) is 0 Å². The Hall–Kier alpha value is -2.74. The molecular weight excluding hydrogens is 404 g/mol. The third-order valence-corrected chi connectivity index (χ3v) is 6.89. The third kappa shape index (κ3) is 5.01. The van der Waals surface area contributed by atoms with Crippen molar-refractivity contribution in [1.29, 1.82) is 0 Å². The average molecular weight is 439 g/mol. The van der Waals surface area contributed by atoms with E-state index in [9.17, 15) is 9.59 Å². The van der Waals surface area contributed by atoms with Crippen LogP contribution >= 0.6 is 0 Å². The van der Waals surface area contributed by atoms with Crippen LogP contribution in [-0.2, 0) is 24.2 Å². The molecule has 1 atom stereocenters. The maximum Gasteiger partial charge on any atom is 0.289 e. The van der Waals surface area contributed by atoms with Crippen LogP contribution in [0.4, 0.5) is 0 Å². The van der Waals surface area contributed by atoms with E-state index in [1.807, 2.05) is 40.6 Å². The average Bonchev–Trinajstić information content (AvgIpc) is 3.32. The van der Waals surface area contributed by atoms with E-state index in [0.29, 0.717) is 18.8 Å². The van der Waals surface area contributed by atoms with E-state index in [1.165, 1.54) is 5.56 Å². The first-order valence-corrected chi connectivity index (χ1v) is 11.5. The van der Waals surface area contributed by atoms with Gasteiger partial charge in [-0.05, 0) is 51.3 Å². The topological polar surface area (TPSA) is 83.4 Å². The van der Waals surface area contributed by atoms with Gasteiger partial charge < -0.3 is 19.7 Å². The summed E-state index contributed by atoms with van der Waals surface area (Å²) in [5.41, 5.74) is 2.37. The molecule has 1 aromatic heterocycles. The second-order valence-electron chi connectivity index (χ2n) is 9.63. The van der Waals surface area contributed by atoms with Crippen molar-refractivity contribution in [3.63, 3.8) is 0 Å². The number of benzene rings is 1. The predicted molar refractivity (Wildman–Crippen MR) is 122 cm³/mol. The molecule has 172 valence electrons. The van der Waals surface area contributed by atoms with Gasteiger partial charge in [-0.15, -0.1) is 10.2 Å². The van der Waals surface area contributed by atoms with Crippen LogP contribution in [0.5, 0.6) is 0 Å². The lowest BCUT2D eigenvalue weighted by Gasteiger charge is -2.27. The molecule has 1 saturated heterocycles. The van der Waals surface area contributed by atoms with Crippen molar-refractivity contribution in [1.82, 2.24) is 29.9 Å². The van der Waals surface area contributed by atoms with Crippen LogP contribution in [0.3, 0.4) is 0 Å². The van der Waals surface area contributed by atoms with E-state index in [1.54, 1.807) is 0 Å². The van der Waals surface area contributed by atoms with Gasteiger partial charge in [-0.3, -0.25) is 9.59 Å². The summed E-state index contributed by atoms with van der Waals surface area (Å²) >= 11 is 0. The number of carbonyl (C=O) groups is 2. The number of amides is 2. The predicted octanol–water partition coefficient (Wildman–Crippen LogP) is 1.68. The summed E-state index contributed by atoms with van der Waals surface area (Å²) in [6, 6.07) is 8.20. The van der Waals surface area contributed by atoms with Gasteiger partial charge in [0.2, 0.25) is 11.7 Å². The smallest absolute Gasteiger partial charge is 0.289 e. The van der Waals surface area contributed by atoms with Crippen LogP contribution in [0, 0.1) is 12.3 Å². The van der Waals surface area contributed by atoms with E-state index in [4.69, 9.17) is 0 Å². The first-order chi connectivity index (χ1) is 15.3. The summed E-state index contributed by atoms with van der Waals surface area (Å²) in [5, 5.41) is 11.4. The second kappa shape index (κ2) is 9.40. The van der Waals surface area contributed by atoms with Gasteiger partial charge in [0.25, 0.3) is 5.91 Å². The number of nitrogens with one attached hydrogen (secondary N) is 1. The third-order valence-electron chi connectivity index (χ3n) is 6.89. The monoisotopic (exact) mass is 438 g/mol. The summed E-state index contributed by atoms with van der Waals surface area (Å²) in [4.78, 5) is 29.6. The van der Waals surface area contributed by atoms with Gasteiger partial charge in [0, 0.05) is 39.1 Å². The second-order valence-corrected chi connectivity index (χ2v) is 9.63. The summed E-state index contributed by atoms with van der Waals surface area (Å²) in [5.74, 6) is 1.32. The van der Waals surface area contributed by atoms with Gasteiger partial charge >= 0.3 is 0 Å². The Balaban J connectivity index is 1.36. The largest absolute Gasteiger partial charge is 0.348 e. The first kappa shape index (κ1) is 22.5.